The van der Waals surface area contributed by atoms with Crippen molar-refractivity contribution in [1.82, 2.24) is 15.0 Å². The molecular formula is C20H18N6O. The molecule has 27 heavy (non-hydrogen) atoms. The number of carbonyl (C=O) groups is 1. The first-order chi connectivity index (χ1) is 12.9. The molecule has 0 aliphatic heterocycles. The van der Waals surface area contributed by atoms with E-state index in [4.69, 9.17) is 0 Å². The van der Waals surface area contributed by atoms with Gasteiger partial charge >= 0.3 is 0 Å². The van der Waals surface area contributed by atoms with Gasteiger partial charge in [-0.25, -0.2) is 15.0 Å². The van der Waals surface area contributed by atoms with E-state index in [0.717, 1.165) is 12.0 Å². The van der Waals surface area contributed by atoms with Gasteiger partial charge in [-0.15, -0.1) is 0 Å². The molecule has 2 bridgehead atoms. The van der Waals surface area contributed by atoms with Crippen molar-refractivity contribution >= 4 is 11.7 Å². The van der Waals surface area contributed by atoms with Crippen molar-refractivity contribution in [2.45, 2.75) is 44.9 Å². The van der Waals surface area contributed by atoms with Crippen LogP contribution in [-0.2, 0) is 10.2 Å². The topological polar surface area (TPSA) is 115 Å². The van der Waals surface area contributed by atoms with Gasteiger partial charge < -0.3 is 5.32 Å². The minimum atomic E-state index is -0.899. The van der Waals surface area contributed by atoms with E-state index in [0.29, 0.717) is 23.6 Å². The average Bonchev–Trinajstić information content (AvgIpc) is 3.04. The van der Waals surface area contributed by atoms with Gasteiger partial charge in [0.2, 0.25) is 5.91 Å². The third-order valence-electron chi connectivity index (χ3n) is 6.28. The quantitative estimate of drug-likeness (QED) is 0.882. The molecule has 1 amide bonds. The van der Waals surface area contributed by atoms with Crippen LogP contribution in [0.25, 0.3) is 0 Å². The SMILES string of the molecule is Cc1cccnc1NC(=O)C12CCC(c3nc(C#N)c(C#N)nc31)C2(C)C. The molecule has 1 N–H and O–H groups in total. The van der Waals surface area contributed by atoms with E-state index in [1.807, 2.05) is 45.0 Å². The fourth-order valence-corrected chi connectivity index (χ4v) is 4.75. The van der Waals surface area contributed by atoms with Crippen LogP contribution in [0.2, 0.25) is 0 Å². The third-order valence-corrected chi connectivity index (χ3v) is 6.28. The fourth-order valence-electron chi connectivity index (χ4n) is 4.75. The van der Waals surface area contributed by atoms with Crippen LogP contribution in [-0.4, -0.2) is 20.9 Å². The van der Waals surface area contributed by atoms with Gasteiger partial charge in [-0.3, -0.25) is 4.79 Å². The first-order valence-electron chi connectivity index (χ1n) is 8.82. The van der Waals surface area contributed by atoms with Gasteiger partial charge in [-0.05, 0) is 36.8 Å². The molecule has 2 aromatic rings. The number of aryl methyl sites for hydroxylation is 1. The Morgan fingerprint density at radius 1 is 1.26 bits per heavy atom. The summed E-state index contributed by atoms with van der Waals surface area (Å²) >= 11 is 0. The summed E-state index contributed by atoms with van der Waals surface area (Å²) in [5, 5.41) is 21.6. The van der Waals surface area contributed by atoms with Crippen LogP contribution in [0.4, 0.5) is 5.82 Å². The molecule has 4 rings (SSSR count). The van der Waals surface area contributed by atoms with Crippen LogP contribution in [0.3, 0.4) is 0 Å². The molecule has 0 aromatic carbocycles. The molecule has 2 aromatic heterocycles. The van der Waals surface area contributed by atoms with Crippen molar-refractivity contribution in [1.29, 1.82) is 10.5 Å². The Labute approximate surface area is 157 Å². The second kappa shape index (κ2) is 5.59. The number of fused-ring (bicyclic) bond motifs is 5. The average molecular weight is 358 g/mol. The number of nitrogens with one attached hydrogen (secondary N) is 1. The summed E-state index contributed by atoms with van der Waals surface area (Å²) in [6.07, 6.45) is 3.05. The smallest absolute Gasteiger partial charge is 0.238 e. The van der Waals surface area contributed by atoms with Crippen LogP contribution >= 0.6 is 0 Å². The Hall–Kier alpha value is -3.32. The third kappa shape index (κ3) is 2.06. The van der Waals surface area contributed by atoms with Crippen molar-refractivity contribution in [2.24, 2.45) is 5.41 Å². The maximum Gasteiger partial charge on any atom is 0.238 e. The highest BCUT2D eigenvalue weighted by molar-refractivity contribution is 6.01. The van der Waals surface area contributed by atoms with Crippen LogP contribution in [0.15, 0.2) is 18.3 Å². The Morgan fingerprint density at radius 2 is 1.96 bits per heavy atom. The Kier molecular flexibility index (Phi) is 3.54. The van der Waals surface area contributed by atoms with Crippen LogP contribution in [0, 0.1) is 35.0 Å². The molecule has 2 aliphatic carbocycles. The highest BCUT2D eigenvalue weighted by Crippen LogP contribution is 2.67. The predicted octanol–water partition coefficient (Wildman–Crippen LogP) is 2.72. The molecule has 2 aliphatic rings. The number of hydrogen-bond acceptors (Lipinski definition) is 6. The van der Waals surface area contributed by atoms with Gasteiger partial charge in [0, 0.05) is 12.1 Å². The number of nitriles is 2. The number of anilines is 1. The number of amides is 1. The number of hydrogen-bond donors (Lipinski definition) is 1. The standard InChI is InChI=1S/C20H18N6O/c1-11-5-4-8-23-17(11)26-18(27)20-7-6-12(19(20,2)3)15-16(20)25-14(10-22)13(9-21)24-15/h4-5,8,12H,6-7H2,1-3H3,(H,23,26,27). The van der Waals surface area contributed by atoms with Crippen LogP contribution < -0.4 is 5.32 Å². The molecule has 2 heterocycles. The number of pyridine rings is 1. The zero-order valence-electron chi connectivity index (χ0n) is 15.4. The zero-order valence-corrected chi connectivity index (χ0v) is 15.4. The predicted molar refractivity (Wildman–Crippen MR) is 96.5 cm³/mol. The highest BCUT2D eigenvalue weighted by atomic mass is 16.2. The molecule has 0 spiro atoms. The zero-order chi connectivity index (χ0) is 19.4. The lowest BCUT2D eigenvalue weighted by molar-refractivity contribution is -0.124. The van der Waals surface area contributed by atoms with E-state index >= 15 is 0 Å². The molecule has 7 nitrogen and oxygen atoms in total. The van der Waals surface area contributed by atoms with Gasteiger partial charge in [-0.1, -0.05) is 19.9 Å². The Bertz CT molecular complexity index is 1060. The summed E-state index contributed by atoms with van der Waals surface area (Å²) in [5.74, 6) is 0.362. The minimum Gasteiger partial charge on any atom is -0.310 e. The number of aromatic nitrogens is 3. The summed E-state index contributed by atoms with van der Waals surface area (Å²) in [4.78, 5) is 26.7. The molecule has 1 saturated carbocycles. The lowest BCUT2D eigenvalue weighted by Crippen LogP contribution is -2.47. The summed E-state index contributed by atoms with van der Waals surface area (Å²) in [6, 6.07) is 7.59. The maximum atomic E-state index is 13.5. The highest BCUT2D eigenvalue weighted by Gasteiger charge is 2.68. The number of carbonyl (C=O) groups excluding carboxylic acids is 1. The van der Waals surface area contributed by atoms with Gasteiger partial charge in [0.1, 0.15) is 18.0 Å². The van der Waals surface area contributed by atoms with E-state index < -0.39 is 10.8 Å². The summed E-state index contributed by atoms with van der Waals surface area (Å²) in [5.41, 5.74) is 0.750. The number of nitrogens with zero attached hydrogens (tertiary/aromatic N) is 5. The summed E-state index contributed by atoms with van der Waals surface area (Å²) < 4.78 is 0. The lowest BCUT2D eigenvalue weighted by atomic mass is 9.67. The minimum absolute atomic E-state index is 0.0235. The molecule has 7 heteroatoms. The van der Waals surface area contributed by atoms with E-state index in [2.05, 4.69) is 20.3 Å². The van der Waals surface area contributed by atoms with Crippen molar-refractivity contribution in [3.8, 4) is 12.1 Å². The molecule has 1 fully saturated rings. The van der Waals surface area contributed by atoms with E-state index in [1.54, 1.807) is 6.20 Å². The van der Waals surface area contributed by atoms with Crippen molar-refractivity contribution in [2.75, 3.05) is 5.32 Å². The van der Waals surface area contributed by atoms with E-state index in [1.165, 1.54) is 0 Å². The first-order valence-corrected chi connectivity index (χ1v) is 8.82. The van der Waals surface area contributed by atoms with Gasteiger partial charge in [-0.2, -0.15) is 10.5 Å². The monoisotopic (exact) mass is 358 g/mol. The van der Waals surface area contributed by atoms with Gasteiger partial charge in [0.05, 0.1) is 16.8 Å². The van der Waals surface area contributed by atoms with E-state index in [-0.39, 0.29) is 23.2 Å². The second-order valence-electron chi connectivity index (χ2n) is 7.72. The summed E-state index contributed by atoms with van der Waals surface area (Å²) in [6.45, 7) is 5.96. The molecule has 2 unspecified atom stereocenters. The molecular weight excluding hydrogens is 340 g/mol. The Balaban J connectivity index is 1.88. The van der Waals surface area contributed by atoms with Crippen molar-refractivity contribution in [3.05, 3.63) is 46.7 Å². The van der Waals surface area contributed by atoms with Gasteiger partial charge in [0.15, 0.2) is 11.4 Å². The molecule has 0 saturated heterocycles. The normalized spacial score (nSPS) is 24.0. The Morgan fingerprint density at radius 3 is 2.63 bits per heavy atom. The molecule has 134 valence electrons. The van der Waals surface area contributed by atoms with Gasteiger partial charge in [0.25, 0.3) is 0 Å². The fraction of sp³-hybridized carbons (Fsp3) is 0.400. The molecule has 0 radical (unpaired) electrons. The lowest BCUT2D eigenvalue weighted by Gasteiger charge is -2.36. The second-order valence-corrected chi connectivity index (χ2v) is 7.72. The molecule has 2 atom stereocenters. The largest absolute Gasteiger partial charge is 0.310 e. The first kappa shape index (κ1) is 17.1. The van der Waals surface area contributed by atoms with Crippen LogP contribution in [0.1, 0.15) is 60.9 Å². The maximum absolute atomic E-state index is 13.5. The van der Waals surface area contributed by atoms with Crippen LogP contribution in [0.5, 0.6) is 0 Å². The van der Waals surface area contributed by atoms with Crippen molar-refractivity contribution in [3.63, 3.8) is 0 Å². The van der Waals surface area contributed by atoms with Crippen molar-refractivity contribution < 1.29 is 4.79 Å². The number of rotatable bonds is 2. The van der Waals surface area contributed by atoms with E-state index in [9.17, 15) is 15.3 Å². The summed E-state index contributed by atoms with van der Waals surface area (Å²) in [7, 11) is 0.